The van der Waals surface area contributed by atoms with Gasteiger partial charge in [-0.15, -0.1) is 0 Å². The third kappa shape index (κ3) is 2.78. The number of aromatic nitrogens is 2. The average molecular weight is 274 g/mol. The zero-order chi connectivity index (χ0) is 14.0. The van der Waals surface area contributed by atoms with Gasteiger partial charge in [-0.1, -0.05) is 0 Å². The van der Waals surface area contributed by atoms with Crippen molar-refractivity contribution in [2.75, 3.05) is 20.0 Å². The first-order chi connectivity index (χ1) is 8.21. The lowest BCUT2D eigenvalue weighted by Crippen LogP contribution is -2.41. The standard InChI is InChI=1S/C11H18N2O4S/c1-11(2,18(4,15)16)10(14)9-5-6-12-13(9)7-8-17-3/h5-6H,7-8H2,1-4H3. The molecule has 1 rings (SSSR count). The molecule has 0 bridgehead atoms. The highest BCUT2D eigenvalue weighted by Gasteiger charge is 2.40. The van der Waals surface area contributed by atoms with Gasteiger partial charge in [-0.25, -0.2) is 8.42 Å². The van der Waals surface area contributed by atoms with Crippen LogP contribution in [0.15, 0.2) is 12.3 Å². The van der Waals surface area contributed by atoms with Gasteiger partial charge >= 0.3 is 0 Å². The van der Waals surface area contributed by atoms with Crippen molar-refractivity contribution in [3.8, 4) is 0 Å². The number of carbonyl (C=O) groups is 1. The van der Waals surface area contributed by atoms with Crippen molar-refractivity contribution in [2.45, 2.75) is 25.1 Å². The van der Waals surface area contributed by atoms with Crippen LogP contribution >= 0.6 is 0 Å². The van der Waals surface area contributed by atoms with Crippen LogP contribution in [0, 0.1) is 0 Å². The van der Waals surface area contributed by atoms with Gasteiger partial charge in [0.15, 0.2) is 9.84 Å². The van der Waals surface area contributed by atoms with Crippen molar-refractivity contribution in [2.24, 2.45) is 0 Å². The van der Waals surface area contributed by atoms with E-state index in [2.05, 4.69) is 5.10 Å². The molecule has 0 unspecified atom stereocenters. The Bertz CT molecular complexity index is 531. The molecule has 0 aliphatic heterocycles. The van der Waals surface area contributed by atoms with Gasteiger partial charge in [-0.05, 0) is 19.9 Å². The third-order valence-corrected chi connectivity index (χ3v) is 4.97. The molecule has 0 atom stereocenters. The Morgan fingerprint density at radius 1 is 1.50 bits per heavy atom. The molecule has 0 aromatic carbocycles. The summed E-state index contributed by atoms with van der Waals surface area (Å²) in [5.74, 6) is -0.460. The van der Waals surface area contributed by atoms with Crippen LogP contribution < -0.4 is 0 Å². The van der Waals surface area contributed by atoms with E-state index < -0.39 is 20.4 Å². The Balaban J connectivity index is 3.09. The molecule has 0 spiro atoms. The average Bonchev–Trinajstić information content (AvgIpc) is 2.71. The van der Waals surface area contributed by atoms with Gasteiger partial charge in [-0.3, -0.25) is 9.48 Å². The largest absolute Gasteiger partial charge is 0.383 e. The normalized spacial score (nSPS) is 12.7. The van der Waals surface area contributed by atoms with Crippen molar-refractivity contribution in [1.29, 1.82) is 0 Å². The Labute approximate surface area is 107 Å². The van der Waals surface area contributed by atoms with Crippen LogP contribution in [-0.2, 0) is 21.1 Å². The molecule has 1 aromatic rings. The second-order valence-corrected chi connectivity index (χ2v) is 7.11. The summed E-state index contributed by atoms with van der Waals surface area (Å²) in [6.45, 7) is 3.61. The highest BCUT2D eigenvalue weighted by Crippen LogP contribution is 2.21. The quantitative estimate of drug-likeness (QED) is 0.707. The molecule has 0 amide bonds. The summed E-state index contributed by atoms with van der Waals surface area (Å²) in [7, 11) is -1.94. The summed E-state index contributed by atoms with van der Waals surface area (Å²) in [4.78, 5) is 12.3. The zero-order valence-electron chi connectivity index (χ0n) is 11.0. The lowest BCUT2D eigenvalue weighted by atomic mass is 10.1. The van der Waals surface area contributed by atoms with E-state index in [0.29, 0.717) is 13.2 Å². The van der Waals surface area contributed by atoms with Gasteiger partial charge in [0.2, 0.25) is 5.78 Å². The van der Waals surface area contributed by atoms with Crippen LogP contribution in [0.2, 0.25) is 0 Å². The molecule has 0 fully saturated rings. The molecule has 6 nitrogen and oxygen atoms in total. The SMILES string of the molecule is COCCn1nccc1C(=O)C(C)(C)S(C)(=O)=O. The van der Waals surface area contributed by atoms with E-state index in [1.807, 2.05) is 0 Å². The molecule has 18 heavy (non-hydrogen) atoms. The number of Topliss-reactive ketones (excluding diaryl/α,β-unsaturated/α-hetero) is 1. The van der Waals surface area contributed by atoms with Crippen molar-refractivity contribution in [3.63, 3.8) is 0 Å². The molecule has 0 N–H and O–H groups in total. The molecule has 0 aliphatic rings. The monoisotopic (exact) mass is 274 g/mol. The smallest absolute Gasteiger partial charge is 0.201 e. The Hall–Kier alpha value is -1.21. The molecular weight excluding hydrogens is 256 g/mol. The molecular formula is C11H18N2O4S. The van der Waals surface area contributed by atoms with Crippen LogP contribution in [0.1, 0.15) is 24.3 Å². The second kappa shape index (κ2) is 5.19. The lowest BCUT2D eigenvalue weighted by Gasteiger charge is -2.21. The fraction of sp³-hybridized carbons (Fsp3) is 0.636. The Morgan fingerprint density at radius 3 is 2.61 bits per heavy atom. The number of methoxy groups -OCH3 is 1. The van der Waals surface area contributed by atoms with Crippen LogP contribution in [0.4, 0.5) is 0 Å². The molecule has 0 radical (unpaired) electrons. The number of hydrogen-bond donors (Lipinski definition) is 0. The molecule has 0 aliphatic carbocycles. The Morgan fingerprint density at radius 2 is 2.11 bits per heavy atom. The number of nitrogens with zero attached hydrogens (tertiary/aromatic N) is 2. The van der Waals surface area contributed by atoms with Crippen LogP contribution in [0.5, 0.6) is 0 Å². The summed E-state index contributed by atoms with van der Waals surface area (Å²) < 4.78 is 28.2. The van der Waals surface area contributed by atoms with Gasteiger partial charge < -0.3 is 4.74 Å². The fourth-order valence-corrected chi connectivity index (χ4v) is 1.80. The van der Waals surface area contributed by atoms with Gasteiger partial charge in [0.05, 0.1) is 13.2 Å². The summed E-state index contributed by atoms with van der Waals surface area (Å²) in [5.41, 5.74) is 0.280. The molecule has 102 valence electrons. The van der Waals surface area contributed by atoms with Gasteiger partial charge in [0.25, 0.3) is 0 Å². The molecule has 0 saturated carbocycles. The third-order valence-electron chi connectivity index (χ3n) is 2.93. The number of carbonyl (C=O) groups excluding carboxylic acids is 1. The Kier molecular flexibility index (Phi) is 4.28. The van der Waals surface area contributed by atoms with Crippen molar-refractivity contribution >= 4 is 15.6 Å². The van der Waals surface area contributed by atoms with Gasteiger partial charge in [0.1, 0.15) is 10.4 Å². The second-order valence-electron chi connectivity index (χ2n) is 4.54. The number of ketones is 1. The van der Waals surface area contributed by atoms with Crippen molar-refractivity contribution < 1.29 is 17.9 Å². The lowest BCUT2D eigenvalue weighted by molar-refractivity contribution is 0.0939. The topological polar surface area (TPSA) is 78.3 Å². The molecule has 1 heterocycles. The van der Waals surface area contributed by atoms with Crippen molar-refractivity contribution in [3.05, 3.63) is 18.0 Å². The van der Waals surface area contributed by atoms with E-state index in [-0.39, 0.29) is 5.69 Å². The first-order valence-corrected chi connectivity index (χ1v) is 7.36. The van der Waals surface area contributed by atoms with Crippen LogP contribution in [0.25, 0.3) is 0 Å². The fourth-order valence-electron chi connectivity index (χ4n) is 1.36. The maximum absolute atomic E-state index is 12.3. The van der Waals surface area contributed by atoms with E-state index in [1.54, 1.807) is 7.11 Å². The predicted molar refractivity (Wildman–Crippen MR) is 67.4 cm³/mol. The molecule has 7 heteroatoms. The van der Waals surface area contributed by atoms with Gasteiger partial charge in [-0.2, -0.15) is 5.10 Å². The van der Waals surface area contributed by atoms with Crippen molar-refractivity contribution in [1.82, 2.24) is 9.78 Å². The maximum atomic E-state index is 12.3. The molecule has 0 saturated heterocycles. The van der Waals surface area contributed by atoms with Crippen LogP contribution in [-0.4, -0.2) is 48.7 Å². The number of rotatable bonds is 6. The first-order valence-electron chi connectivity index (χ1n) is 5.47. The predicted octanol–water partition coefficient (Wildman–Crippen LogP) is 0.535. The minimum Gasteiger partial charge on any atom is -0.383 e. The maximum Gasteiger partial charge on any atom is 0.201 e. The number of sulfone groups is 1. The van der Waals surface area contributed by atoms with Crippen LogP contribution in [0.3, 0.4) is 0 Å². The summed E-state index contributed by atoms with van der Waals surface area (Å²) in [6.07, 6.45) is 2.53. The number of ether oxygens (including phenoxy) is 1. The minimum absolute atomic E-state index is 0.280. The van der Waals surface area contributed by atoms with E-state index in [4.69, 9.17) is 4.74 Å². The van der Waals surface area contributed by atoms with E-state index in [9.17, 15) is 13.2 Å². The minimum atomic E-state index is -3.49. The summed E-state index contributed by atoms with van der Waals surface area (Å²) in [5, 5.41) is 3.99. The first kappa shape index (κ1) is 14.8. The zero-order valence-corrected chi connectivity index (χ0v) is 11.8. The summed E-state index contributed by atoms with van der Waals surface area (Å²) >= 11 is 0. The van der Waals surface area contributed by atoms with Gasteiger partial charge in [0, 0.05) is 19.6 Å². The molecule has 1 aromatic heterocycles. The van der Waals surface area contributed by atoms with E-state index in [0.717, 1.165) is 6.26 Å². The summed E-state index contributed by atoms with van der Waals surface area (Å²) in [6, 6.07) is 1.52. The highest BCUT2D eigenvalue weighted by atomic mass is 32.2. The van der Waals surface area contributed by atoms with E-state index in [1.165, 1.54) is 30.8 Å². The highest BCUT2D eigenvalue weighted by molar-refractivity contribution is 7.92. The number of hydrogen-bond acceptors (Lipinski definition) is 5. The van der Waals surface area contributed by atoms with E-state index >= 15 is 0 Å².